The van der Waals surface area contributed by atoms with Crippen LogP contribution in [0.1, 0.15) is 42.4 Å². The summed E-state index contributed by atoms with van der Waals surface area (Å²) in [5.74, 6) is 0.188. The van der Waals surface area contributed by atoms with Gasteiger partial charge in [0.2, 0.25) is 5.91 Å². The number of amides is 3. The number of hydrogen-bond acceptors (Lipinski definition) is 8. The Balaban J connectivity index is 1.52. The molecule has 2 heterocycles. The van der Waals surface area contributed by atoms with Gasteiger partial charge in [-0.2, -0.15) is 0 Å². The van der Waals surface area contributed by atoms with Gasteiger partial charge >= 0.3 is 0 Å². The van der Waals surface area contributed by atoms with Crippen molar-refractivity contribution in [1.82, 2.24) is 9.80 Å². The third kappa shape index (κ3) is 6.90. The second-order valence-corrected chi connectivity index (χ2v) is 10.5. The molecule has 2 saturated heterocycles. The molecule has 0 spiro atoms. The lowest BCUT2D eigenvalue weighted by Crippen LogP contribution is -2.42. The van der Waals surface area contributed by atoms with Crippen LogP contribution in [0, 0.1) is 10.1 Å². The molecule has 0 atom stereocenters. The lowest BCUT2D eigenvalue weighted by molar-refractivity contribution is -0.384. The summed E-state index contributed by atoms with van der Waals surface area (Å²) < 4.78 is 11.6. The normalized spacial score (nSPS) is 16.7. The fraction of sp³-hybridized carbons (Fsp3) is 0.345. The van der Waals surface area contributed by atoms with Crippen LogP contribution in [0.15, 0.2) is 54.0 Å². The first kappa shape index (κ1) is 28.9. The van der Waals surface area contributed by atoms with Gasteiger partial charge in [0, 0.05) is 30.8 Å². The number of carbonyl (C=O) groups is 3. The van der Waals surface area contributed by atoms with Gasteiger partial charge in [-0.1, -0.05) is 18.9 Å². The summed E-state index contributed by atoms with van der Waals surface area (Å²) in [6, 6.07) is 9.61. The van der Waals surface area contributed by atoms with Crippen molar-refractivity contribution in [3.63, 3.8) is 0 Å². The Morgan fingerprint density at radius 3 is 2.45 bits per heavy atom. The van der Waals surface area contributed by atoms with Crippen molar-refractivity contribution in [1.29, 1.82) is 0 Å². The van der Waals surface area contributed by atoms with Crippen molar-refractivity contribution < 1.29 is 28.8 Å². The summed E-state index contributed by atoms with van der Waals surface area (Å²) in [4.78, 5) is 52.0. The molecule has 4 rings (SSSR count). The number of allylic oxidation sites excluding steroid dienone is 1. The number of likely N-dealkylation sites (tertiary alicyclic amines) is 1. The van der Waals surface area contributed by atoms with Crippen LogP contribution in [0.2, 0.25) is 0 Å². The molecule has 3 amide bonds. The second kappa shape index (κ2) is 13.3. The highest BCUT2D eigenvalue weighted by Crippen LogP contribution is 2.37. The molecule has 0 aromatic heterocycles. The first-order chi connectivity index (χ1) is 19.3. The Hall–Kier alpha value is -4.12. The molecule has 0 radical (unpaired) electrons. The van der Waals surface area contributed by atoms with Crippen molar-refractivity contribution >= 4 is 40.6 Å². The lowest BCUT2D eigenvalue weighted by Gasteiger charge is -2.22. The molecule has 0 unspecified atom stereocenters. The zero-order valence-electron chi connectivity index (χ0n) is 22.3. The maximum Gasteiger partial charge on any atom is 0.294 e. The van der Waals surface area contributed by atoms with Crippen molar-refractivity contribution in [2.75, 3.05) is 26.7 Å². The minimum Gasteiger partial charge on any atom is -0.493 e. The van der Waals surface area contributed by atoms with Crippen molar-refractivity contribution in [2.45, 2.75) is 38.7 Å². The van der Waals surface area contributed by atoms with Crippen LogP contribution >= 0.6 is 11.8 Å². The first-order valence-electron chi connectivity index (χ1n) is 13.0. The number of ether oxygens (including phenoxy) is 2. The molecular weight excluding hydrogens is 534 g/mol. The van der Waals surface area contributed by atoms with E-state index in [0.29, 0.717) is 36.6 Å². The van der Waals surface area contributed by atoms with Gasteiger partial charge < -0.3 is 14.4 Å². The van der Waals surface area contributed by atoms with Crippen LogP contribution in [0.3, 0.4) is 0 Å². The largest absolute Gasteiger partial charge is 0.493 e. The summed E-state index contributed by atoms with van der Waals surface area (Å²) in [5.41, 5.74) is 2.11. The van der Waals surface area contributed by atoms with Gasteiger partial charge in [0.25, 0.3) is 16.8 Å². The molecule has 10 nitrogen and oxygen atoms in total. The number of benzene rings is 2. The fourth-order valence-electron chi connectivity index (χ4n) is 4.60. The summed E-state index contributed by atoms with van der Waals surface area (Å²) in [6.45, 7) is 5.00. The third-order valence-corrected chi connectivity index (χ3v) is 7.60. The summed E-state index contributed by atoms with van der Waals surface area (Å²) in [7, 11) is 1.50. The van der Waals surface area contributed by atoms with Gasteiger partial charge in [-0.15, -0.1) is 6.58 Å². The molecule has 210 valence electrons. The summed E-state index contributed by atoms with van der Waals surface area (Å²) >= 11 is 0.805. The van der Waals surface area contributed by atoms with Crippen LogP contribution in [0.25, 0.3) is 6.08 Å². The van der Waals surface area contributed by atoms with Gasteiger partial charge in [-0.3, -0.25) is 29.4 Å². The molecule has 2 fully saturated rings. The van der Waals surface area contributed by atoms with Crippen molar-refractivity contribution in [3.8, 4) is 11.5 Å². The highest BCUT2D eigenvalue weighted by molar-refractivity contribution is 8.18. The van der Waals surface area contributed by atoms with E-state index < -0.39 is 16.1 Å². The number of hydrogen-bond donors (Lipinski definition) is 0. The molecule has 2 aliphatic rings. The van der Waals surface area contributed by atoms with Gasteiger partial charge in [-0.25, -0.2) is 0 Å². The minimum absolute atomic E-state index is 0.00578. The van der Waals surface area contributed by atoms with E-state index in [9.17, 15) is 24.5 Å². The van der Waals surface area contributed by atoms with E-state index in [2.05, 4.69) is 6.58 Å². The number of methoxy groups -OCH3 is 1. The van der Waals surface area contributed by atoms with E-state index >= 15 is 0 Å². The number of non-ortho nitro benzene ring substituents is 1. The fourth-order valence-corrected chi connectivity index (χ4v) is 5.44. The number of imide groups is 1. The van der Waals surface area contributed by atoms with Crippen LogP contribution in [-0.2, 0) is 22.6 Å². The van der Waals surface area contributed by atoms with Gasteiger partial charge in [-0.05, 0) is 72.5 Å². The molecule has 11 heteroatoms. The number of nitrogens with zero attached hydrogens (tertiary/aromatic N) is 3. The number of thioether (sulfide) groups is 1. The average molecular weight is 566 g/mol. The SMILES string of the molecule is C=CCc1cc(C=C2SC(=O)N(CC(=O)N3CCCCCC3)C2=O)cc(OC)c1OCc1ccc([N+](=O)[O-])cc1. The second-order valence-electron chi connectivity index (χ2n) is 9.48. The quantitative estimate of drug-likeness (QED) is 0.164. The molecule has 0 bridgehead atoms. The molecule has 0 aliphatic carbocycles. The van der Waals surface area contributed by atoms with Crippen molar-refractivity contribution in [2.24, 2.45) is 0 Å². The predicted octanol–water partition coefficient (Wildman–Crippen LogP) is 5.35. The highest BCUT2D eigenvalue weighted by Gasteiger charge is 2.37. The smallest absolute Gasteiger partial charge is 0.294 e. The standard InChI is InChI=1S/C29H31N3O7S/c1-3-8-22-15-21(16-24(38-2)27(22)39-19-20-9-11-23(12-10-20)32(36)37)17-25-28(34)31(29(35)40-25)18-26(33)30-13-6-4-5-7-14-30/h3,9-12,15-17H,1,4-8,13-14,18-19H2,2H3. The molecular formula is C29H31N3O7S. The molecule has 0 saturated carbocycles. The molecule has 2 aromatic carbocycles. The molecule has 2 aromatic rings. The third-order valence-electron chi connectivity index (χ3n) is 6.69. The minimum atomic E-state index is -0.499. The van der Waals surface area contributed by atoms with Gasteiger partial charge in [0.05, 0.1) is 16.9 Å². The van der Waals surface area contributed by atoms with Crippen LogP contribution < -0.4 is 9.47 Å². The lowest BCUT2D eigenvalue weighted by atomic mass is 10.0. The number of rotatable bonds is 10. The average Bonchev–Trinajstić information content (AvgIpc) is 3.12. The Kier molecular flexibility index (Phi) is 9.60. The number of nitro groups is 1. The van der Waals surface area contributed by atoms with E-state index in [1.807, 2.05) is 6.07 Å². The molecule has 40 heavy (non-hydrogen) atoms. The summed E-state index contributed by atoms with van der Waals surface area (Å²) in [5, 5.41) is 10.4. The zero-order chi connectivity index (χ0) is 28.6. The molecule has 2 aliphatic heterocycles. The topological polar surface area (TPSA) is 119 Å². The van der Waals surface area contributed by atoms with Crippen molar-refractivity contribution in [3.05, 3.63) is 80.8 Å². The first-order valence-corrected chi connectivity index (χ1v) is 13.8. The Labute approximate surface area is 236 Å². The molecule has 0 N–H and O–H groups in total. The van der Waals surface area contributed by atoms with Crippen LogP contribution in [0.5, 0.6) is 11.5 Å². The van der Waals surface area contributed by atoms with E-state index in [1.54, 1.807) is 35.3 Å². The predicted molar refractivity (Wildman–Crippen MR) is 152 cm³/mol. The summed E-state index contributed by atoms with van der Waals surface area (Å²) in [6.07, 6.45) is 7.76. The van der Waals surface area contributed by atoms with E-state index in [-0.39, 0.29) is 29.7 Å². The highest BCUT2D eigenvalue weighted by atomic mass is 32.2. The van der Waals surface area contributed by atoms with Gasteiger partial charge in [0.1, 0.15) is 13.2 Å². The van der Waals surface area contributed by atoms with E-state index in [0.717, 1.165) is 53.5 Å². The maximum absolute atomic E-state index is 13.1. The Morgan fingerprint density at radius 2 is 1.82 bits per heavy atom. The van der Waals surface area contributed by atoms with Crippen LogP contribution in [-0.4, -0.2) is 58.5 Å². The van der Waals surface area contributed by atoms with Crippen LogP contribution in [0.4, 0.5) is 10.5 Å². The number of nitro benzene ring substituents is 1. The zero-order valence-corrected chi connectivity index (χ0v) is 23.1. The maximum atomic E-state index is 13.1. The monoisotopic (exact) mass is 565 g/mol. The number of carbonyl (C=O) groups excluding carboxylic acids is 3. The van der Waals surface area contributed by atoms with Gasteiger partial charge in [0.15, 0.2) is 11.5 Å². The Morgan fingerprint density at radius 1 is 1.12 bits per heavy atom. The van der Waals surface area contributed by atoms with E-state index in [1.165, 1.54) is 19.2 Å². The van der Waals surface area contributed by atoms with E-state index in [4.69, 9.17) is 9.47 Å². The Bertz CT molecular complexity index is 1330.